The van der Waals surface area contributed by atoms with Crippen molar-refractivity contribution >= 4 is 17.8 Å². The molecule has 2 rings (SSSR count). The van der Waals surface area contributed by atoms with Crippen LogP contribution in [0.5, 0.6) is 5.75 Å². The van der Waals surface area contributed by atoms with E-state index in [9.17, 15) is 14.4 Å². The fraction of sp³-hybridized carbons (Fsp3) is 0.250. The number of nitrogens with two attached hydrogens (primary N) is 1. The monoisotopic (exact) mass is 263 g/mol. The second kappa shape index (κ2) is 4.60. The normalized spacial score (nSPS) is 21.7. The molecule has 1 aromatic rings. The minimum absolute atomic E-state index is 0.214. The van der Waals surface area contributed by atoms with Gasteiger partial charge in [0, 0.05) is 0 Å². The zero-order valence-corrected chi connectivity index (χ0v) is 10.2. The molecule has 1 aliphatic rings. The van der Waals surface area contributed by atoms with Crippen LogP contribution >= 0.6 is 0 Å². The van der Waals surface area contributed by atoms with Crippen molar-refractivity contribution in [3.63, 3.8) is 0 Å². The number of rotatable bonds is 4. The second-order valence-electron chi connectivity index (χ2n) is 4.31. The molecule has 0 spiro atoms. The Balaban J connectivity index is 2.16. The Labute approximate surface area is 109 Å². The molecule has 0 radical (unpaired) electrons. The lowest BCUT2D eigenvalue weighted by molar-refractivity contribution is -0.123. The first-order valence-corrected chi connectivity index (χ1v) is 5.57. The smallest absolute Gasteiger partial charge is 0.322 e. The molecule has 0 bridgehead atoms. The average Bonchev–Trinajstić information content (AvgIpc) is 2.62. The fourth-order valence-corrected chi connectivity index (χ4v) is 1.79. The first-order chi connectivity index (χ1) is 8.91. The topological polar surface area (TPSA) is 111 Å². The molecular weight excluding hydrogens is 250 g/mol. The van der Waals surface area contributed by atoms with Crippen molar-refractivity contribution in [3.05, 3.63) is 29.8 Å². The third-order valence-electron chi connectivity index (χ3n) is 2.86. The first kappa shape index (κ1) is 12.9. The molecule has 100 valence electrons. The molecule has 0 unspecified atom stereocenters. The largest absolute Gasteiger partial charge is 0.484 e. The molecular formula is C12H13N3O4. The van der Waals surface area contributed by atoms with Crippen LogP contribution < -0.4 is 21.1 Å². The number of ether oxygens (including phenoxy) is 1. The highest BCUT2D eigenvalue weighted by Gasteiger charge is 2.43. The van der Waals surface area contributed by atoms with E-state index < -0.39 is 23.4 Å². The van der Waals surface area contributed by atoms with Gasteiger partial charge in [-0.1, -0.05) is 12.1 Å². The van der Waals surface area contributed by atoms with Gasteiger partial charge in [0.25, 0.3) is 11.8 Å². The van der Waals surface area contributed by atoms with Gasteiger partial charge in [-0.15, -0.1) is 0 Å². The number of hydrogen-bond acceptors (Lipinski definition) is 4. The maximum absolute atomic E-state index is 11.7. The number of imide groups is 1. The summed E-state index contributed by atoms with van der Waals surface area (Å²) in [4.78, 5) is 33.5. The van der Waals surface area contributed by atoms with Crippen molar-refractivity contribution in [2.45, 2.75) is 12.5 Å². The van der Waals surface area contributed by atoms with Crippen LogP contribution in [0, 0.1) is 0 Å². The Bertz CT molecular complexity index is 540. The van der Waals surface area contributed by atoms with Crippen molar-refractivity contribution < 1.29 is 19.1 Å². The summed E-state index contributed by atoms with van der Waals surface area (Å²) >= 11 is 0. The van der Waals surface area contributed by atoms with Crippen LogP contribution in [0.3, 0.4) is 0 Å². The lowest BCUT2D eigenvalue weighted by atomic mass is 9.92. The quantitative estimate of drug-likeness (QED) is 0.642. The number of urea groups is 1. The number of hydrogen-bond donors (Lipinski definition) is 3. The van der Waals surface area contributed by atoms with Gasteiger partial charge in [0.2, 0.25) is 0 Å². The second-order valence-corrected chi connectivity index (χ2v) is 4.31. The predicted octanol–water partition coefficient (Wildman–Crippen LogP) is -0.395. The molecule has 1 atom stereocenters. The maximum Gasteiger partial charge on any atom is 0.322 e. The molecule has 1 heterocycles. The molecule has 0 aliphatic carbocycles. The molecule has 4 N–H and O–H groups in total. The van der Waals surface area contributed by atoms with Crippen molar-refractivity contribution in [3.8, 4) is 5.75 Å². The van der Waals surface area contributed by atoms with Gasteiger partial charge in [0.1, 0.15) is 11.3 Å². The zero-order valence-electron chi connectivity index (χ0n) is 10.2. The maximum atomic E-state index is 11.7. The summed E-state index contributed by atoms with van der Waals surface area (Å²) in [6.45, 7) is 1.39. The molecule has 7 nitrogen and oxygen atoms in total. The van der Waals surface area contributed by atoms with Crippen LogP contribution in [0.2, 0.25) is 0 Å². The van der Waals surface area contributed by atoms with E-state index in [1.807, 2.05) is 0 Å². The fourth-order valence-electron chi connectivity index (χ4n) is 1.79. The molecule has 1 fully saturated rings. The first-order valence-electron chi connectivity index (χ1n) is 5.57. The molecule has 0 saturated carbocycles. The summed E-state index contributed by atoms with van der Waals surface area (Å²) in [6, 6.07) is 5.95. The lowest BCUT2D eigenvalue weighted by Crippen LogP contribution is -2.40. The minimum Gasteiger partial charge on any atom is -0.484 e. The van der Waals surface area contributed by atoms with Gasteiger partial charge < -0.3 is 15.8 Å². The lowest BCUT2D eigenvalue weighted by Gasteiger charge is -2.21. The number of carbonyl (C=O) groups is 3. The Morgan fingerprint density at radius 1 is 1.32 bits per heavy atom. The van der Waals surface area contributed by atoms with Gasteiger partial charge in [0.15, 0.2) is 6.61 Å². The van der Waals surface area contributed by atoms with Gasteiger partial charge in [-0.2, -0.15) is 0 Å². The predicted molar refractivity (Wildman–Crippen MR) is 65.2 cm³/mol. The van der Waals surface area contributed by atoms with Crippen LogP contribution in [0.1, 0.15) is 12.5 Å². The Hall–Kier alpha value is -2.57. The zero-order chi connectivity index (χ0) is 14.0. The van der Waals surface area contributed by atoms with E-state index in [4.69, 9.17) is 10.5 Å². The summed E-state index contributed by atoms with van der Waals surface area (Å²) in [5.74, 6) is -0.530. The highest BCUT2D eigenvalue weighted by atomic mass is 16.5. The molecule has 1 aromatic carbocycles. The van der Waals surface area contributed by atoms with E-state index in [2.05, 4.69) is 10.6 Å². The standard InChI is InChI=1S/C12H13N3O4/c1-12(10(17)14-11(18)15-12)7-2-4-8(5-3-7)19-6-9(13)16/h2-5H,6H2,1H3,(H2,13,16)(H2,14,15,17,18)/t12-/m0/s1. The summed E-state index contributed by atoms with van der Waals surface area (Å²) in [7, 11) is 0. The summed E-state index contributed by atoms with van der Waals surface area (Å²) < 4.78 is 5.10. The van der Waals surface area contributed by atoms with Crippen molar-refractivity contribution in [1.29, 1.82) is 0 Å². The van der Waals surface area contributed by atoms with E-state index in [1.54, 1.807) is 31.2 Å². The van der Waals surface area contributed by atoms with Crippen molar-refractivity contribution in [1.82, 2.24) is 10.6 Å². The molecule has 19 heavy (non-hydrogen) atoms. The number of carbonyl (C=O) groups excluding carboxylic acids is 3. The summed E-state index contributed by atoms with van der Waals surface area (Å²) in [6.07, 6.45) is 0. The van der Waals surface area contributed by atoms with E-state index in [0.29, 0.717) is 11.3 Å². The van der Waals surface area contributed by atoms with Crippen LogP contribution in [0.25, 0.3) is 0 Å². The highest BCUT2D eigenvalue weighted by Crippen LogP contribution is 2.26. The summed E-state index contributed by atoms with van der Waals surface area (Å²) in [5.41, 5.74) is 4.48. The Morgan fingerprint density at radius 3 is 2.42 bits per heavy atom. The Morgan fingerprint density at radius 2 is 1.95 bits per heavy atom. The van der Waals surface area contributed by atoms with Crippen LogP contribution in [0.4, 0.5) is 4.79 Å². The van der Waals surface area contributed by atoms with Gasteiger partial charge in [-0.25, -0.2) is 4.79 Å². The Kier molecular flexibility index (Phi) is 3.12. The third-order valence-corrected chi connectivity index (χ3v) is 2.86. The van der Waals surface area contributed by atoms with E-state index in [0.717, 1.165) is 0 Å². The SMILES string of the molecule is C[C@@]1(c2ccc(OCC(N)=O)cc2)NC(=O)NC1=O. The molecule has 0 aromatic heterocycles. The molecule has 1 aliphatic heterocycles. The molecule has 4 amide bonds. The van der Waals surface area contributed by atoms with E-state index in [1.165, 1.54) is 0 Å². The number of benzene rings is 1. The number of amides is 4. The van der Waals surface area contributed by atoms with Gasteiger partial charge >= 0.3 is 6.03 Å². The molecule has 7 heteroatoms. The minimum atomic E-state index is -1.10. The third kappa shape index (κ3) is 2.49. The van der Waals surface area contributed by atoms with Crippen molar-refractivity contribution in [2.75, 3.05) is 6.61 Å². The van der Waals surface area contributed by atoms with E-state index >= 15 is 0 Å². The van der Waals surface area contributed by atoms with Crippen LogP contribution in [-0.4, -0.2) is 24.5 Å². The average molecular weight is 263 g/mol. The van der Waals surface area contributed by atoms with Gasteiger partial charge in [-0.3, -0.25) is 14.9 Å². The van der Waals surface area contributed by atoms with Crippen LogP contribution in [0.15, 0.2) is 24.3 Å². The van der Waals surface area contributed by atoms with Gasteiger partial charge in [0.05, 0.1) is 0 Å². The van der Waals surface area contributed by atoms with E-state index in [-0.39, 0.29) is 6.61 Å². The van der Waals surface area contributed by atoms with Crippen molar-refractivity contribution in [2.24, 2.45) is 5.73 Å². The highest BCUT2D eigenvalue weighted by molar-refractivity contribution is 6.07. The number of primary amides is 1. The van der Waals surface area contributed by atoms with Crippen LogP contribution in [-0.2, 0) is 15.1 Å². The summed E-state index contributed by atoms with van der Waals surface area (Å²) in [5, 5.41) is 4.73. The van der Waals surface area contributed by atoms with Gasteiger partial charge in [-0.05, 0) is 24.6 Å². The number of nitrogens with one attached hydrogen (secondary N) is 2. The molecule has 1 saturated heterocycles.